The fourth-order valence-corrected chi connectivity index (χ4v) is 3.42. The first-order valence-electron chi connectivity index (χ1n) is 12.6. The summed E-state index contributed by atoms with van der Waals surface area (Å²) < 4.78 is 10.6. The fourth-order valence-electron chi connectivity index (χ4n) is 3.42. The highest BCUT2D eigenvalue weighted by Gasteiger charge is 2.28. The summed E-state index contributed by atoms with van der Waals surface area (Å²) in [5.74, 6) is -1.53. The maximum absolute atomic E-state index is 12.8. The van der Waals surface area contributed by atoms with E-state index in [1.54, 1.807) is 65.8 Å². The Bertz CT molecular complexity index is 1090. The molecule has 4 N–H and O–H groups in total. The topological polar surface area (TPSA) is 135 Å². The van der Waals surface area contributed by atoms with Crippen LogP contribution >= 0.6 is 0 Å². The van der Waals surface area contributed by atoms with Crippen molar-refractivity contribution >= 4 is 35.4 Å². The van der Waals surface area contributed by atoms with E-state index in [-0.39, 0.29) is 24.5 Å². The molecule has 0 aliphatic heterocycles. The van der Waals surface area contributed by atoms with Crippen molar-refractivity contribution in [2.45, 2.75) is 66.3 Å². The highest BCUT2D eigenvalue weighted by molar-refractivity contribution is 6.00. The first-order valence-corrected chi connectivity index (χ1v) is 12.6. The van der Waals surface area contributed by atoms with E-state index in [4.69, 9.17) is 9.47 Å². The third-order valence-electron chi connectivity index (χ3n) is 5.41. The number of carbonyl (C=O) groups is 4. The van der Waals surface area contributed by atoms with Crippen molar-refractivity contribution in [3.8, 4) is 0 Å². The van der Waals surface area contributed by atoms with E-state index in [1.165, 1.54) is 0 Å². The Morgan fingerprint density at radius 1 is 0.658 bits per heavy atom. The molecule has 0 fully saturated rings. The lowest BCUT2D eigenvalue weighted by Crippen LogP contribution is -2.48. The van der Waals surface area contributed by atoms with Crippen molar-refractivity contribution in [1.29, 1.82) is 0 Å². The molecule has 2 atom stereocenters. The molecule has 4 amide bonds. The number of ether oxygens (including phenoxy) is 2. The summed E-state index contributed by atoms with van der Waals surface area (Å²) in [7, 11) is 0. The highest BCUT2D eigenvalue weighted by Crippen LogP contribution is 2.21. The van der Waals surface area contributed by atoms with E-state index in [2.05, 4.69) is 21.3 Å². The van der Waals surface area contributed by atoms with Crippen LogP contribution in [0.4, 0.5) is 21.0 Å². The van der Waals surface area contributed by atoms with Crippen molar-refractivity contribution in [3.63, 3.8) is 0 Å². The molecular weight excluding hydrogens is 488 g/mol. The molecule has 10 heteroatoms. The predicted octanol–water partition coefficient (Wildman–Crippen LogP) is 4.67. The van der Waals surface area contributed by atoms with Crippen LogP contribution in [0, 0.1) is 11.8 Å². The Hall–Kier alpha value is -4.08. The Labute approximate surface area is 223 Å². The number of anilines is 2. The first-order chi connectivity index (χ1) is 18.0. The molecule has 0 aliphatic carbocycles. The standard InChI is InChI=1S/C28H38N4O6/c1-17(2)23(25(33)37-16-20-12-8-7-9-13-20)31-27(35)29-21-14-10-11-15-22(21)30-28(36)32-24(18(3)4)26(34)38-19(5)6/h7-15,17-19,23-24H,16H2,1-6H3,(H2,29,31,35)(H2,30,32,36)/t23-,24-/m0/s1. The predicted molar refractivity (Wildman–Crippen MR) is 145 cm³/mol. The third-order valence-corrected chi connectivity index (χ3v) is 5.41. The minimum atomic E-state index is -0.888. The average molecular weight is 527 g/mol. The van der Waals surface area contributed by atoms with E-state index in [0.29, 0.717) is 11.4 Å². The summed E-state index contributed by atoms with van der Waals surface area (Å²) >= 11 is 0. The maximum atomic E-state index is 12.8. The van der Waals surface area contributed by atoms with E-state index in [0.717, 1.165) is 5.56 Å². The zero-order chi connectivity index (χ0) is 28.2. The largest absolute Gasteiger partial charge is 0.461 e. The maximum Gasteiger partial charge on any atom is 0.329 e. The average Bonchev–Trinajstić information content (AvgIpc) is 2.85. The molecule has 0 spiro atoms. The lowest BCUT2D eigenvalue weighted by Gasteiger charge is -2.23. The molecule has 206 valence electrons. The number of rotatable bonds is 11. The normalized spacial score (nSPS) is 12.4. The van der Waals surface area contributed by atoms with E-state index >= 15 is 0 Å². The van der Waals surface area contributed by atoms with Crippen LogP contribution < -0.4 is 21.3 Å². The number of urea groups is 2. The summed E-state index contributed by atoms with van der Waals surface area (Å²) in [6.45, 7) is 10.7. The fraction of sp³-hybridized carbons (Fsp3) is 0.429. The van der Waals surface area contributed by atoms with E-state index < -0.39 is 36.1 Å². The van der Waals surface area contributed by atoms with Crippen LogP contribution in [0.5, 0.6) is 0 Å². The van der Waals surface area contributed by atoms with Crippen LogP contribution in [-0.4, -0.2) is 42.2 Å². The molecule has 0 aromatic heterocycles. The highest BCUT2D eigenvalue weighted by atomic mass is 16.5. The lowest BCUT2D eigenvalue weighted by atomic mass is 10.0. The summed E-state index contributed by atoms with van der Waals surface area (Å²) in [5, 5.41) is 10.6. The molecule has 2 rings (SSSR count). The molecule has 2 aromatic carbocycles. The Morgan fingerprint density at radius 3 is 1.55 bits per heavy atom. The van der Waals surface area contributed by atoms with Gasteiger partial charge in [0.2, 0.25) is 0 Å². The van der Waals surface area contributed by atoms with Crippen LogP contribution in [0.2, 0.25) is 0 Å². The van der Waals surface area contributed by atoms with Crippen molar-refractivity contribution in [3.05, 3.63) is 60.2 Å². The summed E-state index contributed by atoms with van der Waals surface area (Å²) in [5.41, 5.74) is 1.43. The molecule has 0 unspecified atom stereocenters. The Morgan fingerprint density at radius 2 is 1.11 bits per heavy atom. The van der Waals surface area contributed by atoms with E-state index in [9.17, 15) is 19.2 Å². The number of hydrogen-bond donors (Lipinski definition) is 4. The molecule has 0 heterocycles. The zero-order valence-corrected chi connectivity index (χ0v) is 22.7. The second-order valence-corrected chi connectivity index (χ2v) is 9.76. The number of hydrogen-bond acceptors (Lipinski definition) is 6. The Kier molecular flexibility index (Phi) is 11.6. The van der Waals surface area contributed by atoms with Crippen LogP contribution in [0.15, 0.2) is 54.6 Å². The van der Waals surface area contributed by atoms with E-state index in [1.807, 2.05) is 30.3 Å². The second-order valence-electron chi connectivity index (χ2n) is 9.76. The molecular formula is C28H38N4O6. The van der Waals surface area contributed by atoms with Crippen molar-refractivity contribution in [2.75, 3.05) is 10.6 Å². The first kappa shape index (κ1) is 30.1. The third kappa shape index (κ3) is 9.76. The monoisotopic (exact) mass is 526 g/mol. The number of para-hydroxylation sites is 2. The van der Waals surface area contributed by atoms with Gasteiger partial charge in [0, 0.05) is 0 Å². The van der Waals surface area contributed by atoms with Gasteiger partial charge in [-0.05, 0) is 43.4 Å². The molecule has 0 saturated heterocycles. The molecule has 10 nitrogen and oxygen atoms in total. The zero-order valence-electron chi connectivity index (χ0n) is 22.7. The van der Waals surface area contributed by atoms with Gasteiger partial charge in [0.1, 0.15) is 18.7 Å². The minimum Gasteiger partial charge on any atom is -0.461 e. The molecule has 38 heavy (non-hydrogen) atoms. The number of amides is 4. The van der Waals surface area contributed by atoms with Gasteiger partial charge < -0.3 is 30.7 Å². The molecule has 0 saturated carbocycles. The molecule has 0 aliphatic rings. The smallest absolute Gasteiger partial charge is 0.329 e. The van der Waals surface area contributed by atoms with Gasteiger partial charge in [0.15, 0.2) is 0 Å². The van der Waals surface area contributed by atoms with Gasteiger partial charge in [-0.25, -0.2) is 19.2 Å². The van der Waals surface area contributed by atoms with Gasteiger partial charge >= 0.3 is 24.0 Å². The molecule has 0 radical (unpaired) electrons. The quantitative estimate of drug-likeness (QED) is 0.314. The Balaban J connectivity index is 2.02. The molecule has 0 bridgehead atoms. The summed E-state index contributed by atoms with van der Waals surface area (Å²) in [6, 6.07) is 12.8. The van der Waals surface area contributed by atoms with Gasteiger partial charge in [0.25, 0.3) is 0 Å². The SMILES string of the molecule is CC(C)OC(=O)[C@@H](NC(=O)Nc1ccccc1NC(=O)N[C@H](C(=O)OCc1ccccc1)C(C)C)C(C)C. The summed E-state index contributed by atoms with van der Waals surface area (Å²) in [4.78, 5) is 50.5. The van der Waals surface area contributed by atoms with Crippen LogP contribution in [0.1, 0.15) is 47.1 Å². The van der Waals surface area contributed by atoms with Crippen molar-refractivity contribution in [2.24, 2.45) is 11.8 Å². The van der Waals surface area contributed by atoms with Crippen LogP contribution in [-0.2, 0) is 25.7 Å². The van der Waals surface area contributed by atoms with Crippen molar-refractivity contribution in [1.82, 2.24) is 10.6 Å². The number of nitrogens with one attached hydrogen (secondary N) is 4. The number of benzene rings is 2. The van der Waals surface area contributed by atoms with Gasteiger partial charge in [-0.1, -0.05) is 70.2 Å². The van der Waals surface area contributed by atoms with Gasteiger partial charge in [-0.15, -0.1) is 0 Å². The lowest BCUT2D eigenvalue weighted by molar-refractivity contribution is -0.151. The van der Waals surface area contributed by atoms with Crippen LogP contribution in [0.3, 0.4) is 0 Å². The molecule has 2 aromatic rings. The van der Waals surface area contributed by atoms with Gasteiger partial charge in [-0.2, -0.15) is 0 Å². The number of esters is 2. The van der Waals surface area contributed by atoms with Crippen LogP contribution in [0.25, 0.3) is 0 Å². The van der Waals surface area contributed by atoms with Crippen molar-refractivity contribution < 1.29 is 28.7 Å². The van der Waals surface area contributed by atoms with Gasteiger partial charge in [0.05, 0.1) is 17.5 Å². The minimum absolute atomic E-state index is 0.0934. The van der Waals surface area contributed by atoms with Gasteiger partial charge in [-0.3, -0.25) is 0 Å². The number of carbonyl (C=O) groups excluding carboxylic acids is 4. The second kappa shape index (κ2) is 14.6. The summed E-state index contributed by atoms with van der Waals surface area (Å²) in [6.07, 6.45) is -0.317.